The average Bonchev–Trinajstić information content (AvgIpc) is 2.83. The highest BCUT2D eigenvalue weighted by Gasteiger charge is 2.20. The van der Waals surface area contributed by atoms with Crippen molar-refractivity contribution in [3.05, 3.63) is 11.6 Å². The summed E-state index contributed by atoms with van der Waals surface area (Å²) in [6.07, 6.45) is 1.83. The number of alkyl halides is 1. The second kappa shape index (κ2) is 5.48. The van der Waals surface area contributed by atoms with Gasteiger partial charge >= 0.3 is 0 Å². The van der Waals surface area contributed by atoms with Gasteiger partial charge in [0.15, 0.2) is 5.13 Å². The predicted octanol–water partition coefficient (Wildman–Crippen LogP) is 1.40. The van der Waals surface area contributed by atoms with Gasteiger partial charge in [-0.3, -0.25) is 4.90 Å². The molecule has 0 aliphatic carbocycles. The number of halogens is 1. The Hall–Kier alpha value is -0.830. The molecule has 1 aromatic heterocycles. The molecule has 0 amide bonds. The molecule has 1 saturated heterocycles. The highest BCUT2D eigenvalue weighted by Crippen LogP contribution is 2.18. The van der Waals surface area contributed by atoms with Crippen molar-refractivity contribution < 1.29 is 0 Å². The van der Waals surface area contributed by atoms with Crippen LogP contribution in [0, 0.1) is 11.3 Å². The first-order valence-corrected chi connectivity index (χ1v) is 6.51. The van der Waals surface area contributed by atoms with E-state index in [0.29, 0.717) is 6.54 Å². The first kappa shape index (κ1) is 11.6. The summed E-state index contributed by atoms with van der Waals surface area (Å²) in [4.78, 5) is 8.79. The van der Waals surface area contributed by atoms with Gasteiger partial charge in [0.25, 0.3) is 0 Å². The number of anilines is 1. The summed E-state index contributed by atoms with van der Waals surface area (Å²) in [5, 5.41) is 11.3. The van der Waals surface area contributed by atoms with Crippen LogP contribution in [0.1, 0.15) is 0 Å². The summed E-state index contributed by atoms with van der Waals surface area (Å²) >= 11 is 7.47. The summed E-state index contributed by atoms with van der Waals surface area (Å²) in [5.74, 6) is 0. The van der Waals surface area contributed by atoms with Crippen molar-refractivity contribution >= 4 is 28.1 Å². The lowest BCUT2D eigenvalue weighted by Crippen LogP contribution is -2.47. The number of piperazine rings is 1. The maximum atomic E-state index is 8.64. The average molecular weight is 257 g/mol. The Balaban J connectivity index is 1.81. The first-order valence-electron chi connectivity index (χ1n) is 5.20. The topological polar surface area (TPSA) is 43.2 Å². The van der Waals surface area contributed by atoms with Gasteiger partial charge in [-0.2, -0.15) is 5.26 Å². The van der Waals surface area contributed by atoms with Crippen molar-refractivity contribution in [2.45, 2.75) is 5.38 Å². The molecule has 2 heterocycles. The zero-order valence-electron chi connectivity index (χ0n) is 8.84. The largest absolute Gasteiger partial charge is 0.346 e. The van der Waals surface area contributed by atoms with Crippen LogP contribution in [0.3, 0.4) is 0 Å². The van der Waals surface area contributed by atoms with E-state index in [0.717, 1.165) is 31.3 Å². The van der Waals surface area contributed by atoms with E-state index in [9.17, 15) is 0 Å². The zero-order valence-corrected chi connectivity index (χ0v) is 10.4. The molecule has 0 saturated carbocycles. The molecule has 1 aliphatic heterocycles. The van der Waals surface area contributed by atoms with Crippen molar-refractivity contribution in [3.63, 3.8) is 0 Å². The summed E-state index contributed by atoms with van der Waals surface area (Å²) in [6, 6.07) is 2.05. The highest BCUT2D eigenvalue weighted by molar-refractivity contribution is 7.13. The van der Waals surface area contributed by atoms with Gasteiger partial charge in [0, 0.05) is 44.3 Å². The number of nitriles is 1. The van der Waals surface area contributed by atoms with Crippen LogP contribution < -0.4 is 4.90 Å². The quantitative estimate of drug-likeness (QED) is 0.767. The lowest BCUT2D eigenvalue weighted by Gasteiger charge is -2.34. The zero-order chi connectivity index (χ0) is 11.4. The number of nitrogens with zero attached hydrogens (tertiary/aromatic N) is 4. The monoisotopic (exact) mass is 256 g/mol. The number of hydrogen-bond donors (Lipinski definition) is 0. The van der Waals surface area contributed by atoms with E-state index in [-0.39, 0.29) is 0 Å². The molecule has 1 atom stereocenters. The third-order valence-corrected chi connectivity index (χ3v) is 3.69. The summed E-state index contributed by atoms with van der Waals surface area (Å²) in [6.45, 7) is 4.48. The second-order valence-corrected chi connectivity index (χ2v) is 5.10. The second-order valence-electron chi connectivity index (χ2n) is 3.70. The van der Waals surface area contributed by atoms with E-state index >= 15 is 0 Å². The maximum absolute atomic E-state index is 8.64. The van der Waals surface area contributed by atoms with Crippen molar-refractivity contribution in [1.29, 1.82) is 5.26 Å². The van der Waals surface area contributed by atoms with Crippen molar-refractivity contribution in [1.82, 2.24) is 9.88 Å². The van der Waals surface area contributed by atoms with Crippen LogP contribution in [-0.2, 0) is 0 Å². The molecule has 0 bridgehead atoms. The molecule has 0 spiro atoms. The lowest BCUT2D eigenvalue weighted by molar-refractivity contribution is 0.265. The predicted molar refractivity (Wildman–Crippen MR) is 66.0 cm³/mol. The molecular weight excluding hydrogens is 244 g/mol. The maximum Gasteiger partial charge on any atom is 0.185 e. The fourth-order valence-electron chi connectivity index (χ4n) is 1.76. The van der Waals surface area contributed by atoms with Crippen molar-refractivity contribution in [2.75, 3.05) is 37.6 Å². The number of thiazole rings is 1. The van der Waals surface area contributed by atoms with E-state index in [1.54, 1.807) is 11.3 Å². The molecule has 0 N–H and O–H groups in total. The van der Waals surface area contributed by atoms with Crippen LogP contribution in [0.4, 0.5) is 5.13 Å². The molecule has 6 heteroatoms. The van der Waals surface area contributed by atoms with E-state index in [2.05, 4.69) is 20.9 Å². The van der Waals surface area contributed by atoms with Gasteiger partial charge in [-0.25, -0.2) is 4.98 Å². The van der Waals surface area contributed by atoms with Gasteiger partial charge in [-0.05, 0) is 0 Å². The van der Waals surface area contributed by atoms with Gasteiger partial charge in [-0.1, -0.05) is 0 Å². The van der Waals surface area contributed by atoms with Crippen molar-refractivity contribution in [3.8, 4) is 6.07 Å². The number of aromatic nitrogens is 1. The third kappa shape index (κ3) is 2.85. The van der Waals surface area contributed by atoms with E-state index in [1.807, 2.05) is 11.6 Å². The van der Waals surface area contributed by atoms with Crippen molar-refractivity contribution in [2.24, 2.45) is 0 Å². The minimum Gasteiger partial charge on any atom is -0.346 e. The Bertz CT molecular complexity index is 353. The Kier molecular flexibility index (Phi) is 3.99. The van der Waals surface area contributed by atoms with Gasteiger partial charge in [0.05, 0.1) is 6.07 Å². The molecule has 1 aromatic rings. The summed E-state index contributed by atoms with van der Waals surface area (Å²) in [5.41, 5.74) is 0. The molecule has 0 aromatic carbocycles. The SMILES string of the molecule is N#CC(Cl)CN1CCN(c2nccs2)CC1. The molecule has 1 fully saturated rings. The molecule has 4 nitrogen and oxygen atoms in total. The van der Waals surface area contributed by atoms with E-state index < -0.39 is 5.38 Å². The minimum atomic E-state index is -0.397. The Morgan fingerprint density at radius 1 is 1.50 bits per heavy atom. The molecule has 1 aliphatic rings. The number of rotatable bonds is 3. The van der Waals surface area contributed by atoms with E-state index in [4.69, 9.17) is 16.9 Å². The Labute approximate surface area is 104 Å². The normalized spacial score (nSPS) is 19.4. The third-order valence-electron chi connectivity index (χ3n) is 2.62. The fraction of sp³-hybridized carbons (Fsp3) is 0.600. The van der Waals surface area contributed by atoms with Crippen LogP contribution in [-0.4, -0.2) is 48.0 Å². The Morgan fingerprint density at radius 3 is 2.81 bits per heavy atom. The first-order chi connectivity index (χ1) is 7.79. The fourth-order valence-corrected chi connectivity index (χ4v) is 2.65. The van der Waals surface area contributed by atoms with Crippen LogP contribution in [0.25, 0.3) is 0 Å². The lowest BCUT2D eigenvalue weighted by atomic mass is 10.3. The molecular formula is C10H13ClN4S. The molecule has 16 heavy (non-hydrogen) atoms. The minimum absolute atomic E-state index is 0.397. The molecule has 1 unspecified atom stereocenters. The van der Waals surface area contributed by atoms with Gasteiger partial charge in [-0.15, -0.1) is 22.9 Å². The van der Waals surface area contributed by atoms with Gasteiger partial charge < -0.3 is 4.90 Å². The van der Waals surface area contributed by atoms with Crippen LogP contribution >= 0.6 is 22.9 Å². The molecule has 2 rings (SSSR count). The highest BCUT2D eigenvalue weighted by atomic mass is 35.5. The summed E-state index contributed by atoms with van der Waals surface area (Å²) < 4.78 is 0. The molecule has 0 radical (unpaired) electrons. The van der Waals surface area contributed by atoms with Gasteiger partial charge in [0.1, 0.15) is 5.38 Å². The molecule has 86 valence electrons. The number of hydrogen-bond acceptors (Lipinski definition) is 5. The van der Waals surface area contributed by atoms with E-state index in [1.165, 1.54) is 0 Å². The van der Waals surface area contributed by atoms with Crippen LogP contribution in [0.15, 0.2) is 11.6 Å². The smallest absolute Gasteiger partial charge is 0.185 e. The van der Waals surface area contributed by atoms with Crippen LogP contribution in [0.2, 0.25) is 0 Å². The summed E-state index contributed by atoms with van der Waals surface area (Å²) in [7, 11) is 0. The van der Waals surface area contributed by atoms with Gasteiger partial charge in [0.2, 0.25) is 0 Å². The Morgan fingerprint density at radius 2 is 2.25 bits per heavy atom. The van der Waals surface area contributed by atoms with Crippen LogP contribution in [0.5, 0.6) is 0 Å². The standard InChI is InChI=1S/C10H13ClN4S/c11-9(7-12)8-14-2-4-15(5-3-14)10-13-1-6-16-10/h1,6,9H,2-5,8H2.